The lowest BCUT2D eigenvalue weighted by Gasteiger charge is -2.37. The van der Waals surface area contributed by atoms with E-state index in [1.54, 1.807) is 29.0 Å². The molecule has 3 aromatic rings. The predicted molar refractivity (Wildman–Crippen MR) is 124 cm³/mol. The van der Waals surface area contributed by atoms with Gasteiger partial charge in [-0.2, -0.15) is 10.4 Å². The van der Waals surface area contributed by atoms with Crippen LogP contribution in [0.5, 0.6) is 5.75 Å². The number of pyridine rings is 1. The fourth-order valence-electron chi connectivity index (χ4n) is 4.44. The Labute approximate surface area is 200 Å². The molecule has 1 aromatic carbocycles. The molecule has 1 fully saturated rings. The van der Waals surface area contributed by atoms with E-state index in [0.29, 0.717) is 53.9 Å². The van der Waals surface area contributed by atoms with E-state index in [1.807, 2.05) is 24.3 Å². The van der Waals surface area contributed by atoms with E-state index in [-0.39, 0.29) is 19.2 Å². The minimum Gasteiger partial charge on any atom is -0.495 e. The van der Waals surface area contributed by atoms with Gasteiger partial charge in [0.25, 0.3) is 0 Å². The molecule has 2 aliphatic rings. The number of hydrogen-bond acceptors (Lipinski definition) is 8. The molecule has 1 N–H and O–H groups in total. The standard InChI is InChI=1S/C23H22ClN7O3/c1-33-18-11-15(4-5-17(18)24)23(13-25)6-9-30(10-7-23)19(32)12-31-22-16(3-2-8-26-22)20(28-31)21-27-14-34-29-21/h2-5,8,11H,6-7,9-10,12,14H2,1H3,(H,27,29). The van der Waals surface area contributed by atoms with Crippen LogP contribution in [0.3, 0.4) is 0 Å². The smallest absolute Gasteiger partial charge is 0.244 e. The molecular formula is C23H22ClN7O3. The van der Waals surface area contributed by atoms with Crippen molar-refractivity contribution in [3.63, 3.8) is 0 Å². The second kappa shape index (κ2) is 8.93. The fourth-order valence-corrected chi connectivity index (χ4v) is 4.63. The number of halogens is 1. The highest BCUT2D eigenvalue weighted by Gasteiger charge is 2.38. The van der Waals surface area contributed by atoms with Crippen LogP contribution >= 0.6 is 11.6 Å². The lowest BCUT2D eigenvalue weighted by Crippen LogP contribution is -2.45. The number of methoxy groups -OCH3 is 1. The number of amides is 1. The number of rotatable bonds is 5. The number of carbonyl (C=O) groups is 1. The van der Waals surface area contributed by atoms with E-state index in [2.05, 4.69) is 26.6 Å². The van der Waals surface area contributed by atoms with Crippen LogP contribution in [0.4, 0.5) is 0 Å². The summed E-state index contributed by atoms with van der Waals surface area (Å²) in [4.78, 5) is 28.7. The molecule has 0 bridgehead atoms. The monoisotopic (exact) mass is 479 g/mol. The number of nitriles is 1. The average Bonchev–Trinajstić information content (AvgIpc) is 3.53. The van der Waals surface area contributed by atoms with Crippen LogP contribution in [-0.4, -0.2) is 58.3 Å². The summed E-state index contributed by atoms with van der Waals surface area (Å²) in [5.41, 5.74) is 4.08. The normalized spacial score (nSPS) is 17.2. The minimum atomic E-state index is -0.700. The topological polar surface area (TPSA) is 118 Å². The maximum atomic E-state index is 13.2. The van der Waals surface area contributed by atoms with Crippen LogP contribution in [0.25, 0.3) is 11.0 Å². The number of fused-ring (bicyclic) bond motifs is 1. The van der Waals surface area contributed by atoms with Crippen LogP contribution < -0.4 is 10.2 Å². The largest absolute Gasteiger partial charge is 0.495 e. The summed E-state index contributed by atoms with van der Waals surface area (Å²) in [5.74, 6) is 0.965. The number of amidine groups is 1. The number of aliphatic imine (C=N–C) groups is 1. The third kappa shape index (κ3) is 3.83. The molecular weight excluding hydrogens is 458 g/mol. The molecule has 4 heterocycles. The molecule has 1 amide bonds. The number of hydrogen-bond donors (Lipinski definition) is 1. The maximum absolute atomic E-state index is 13.2. The second-order valence-corrected chi connectivity index (χ2v) is 8.59. The van der Waals surface area contributed by atoms with Gasteiger partial charge in [-0.15, -0.1) is 0 Å². The van der Waals surface area contributed by atoms with Gasteiger partial charge in [-0.1, -0.05) is 17.7 Å². The Kier molecular flexibility index (Phi) is 5.81. The van der Waals surface area contributed by atoms with E-state index in [4.69, 9.17) is 21.2 Å². The van der Waals surface area contributed by atoms with E-state index >= 15 is 0 Å². The Morgan fingerprint density at radius 2 is 2.18 bits per heavy atom. The Bertz CT molecular complexity index is 1320. The number of benzene rings is 1. The number of carbonyl (C=O) groups excluding carboxylic acids is 1. The number of ether oxygens (including phenoxy) is 1. The summed E-state index contributed by atoms with van der Waals surface area (Å²) >= 11 is 6.16. The molecule has 5 rings (SSSR count). The number of piperidine rings is 1. The highest BCUT2D eigenvalue weighted by atomic mass is 35.5. The maximum Gasteiger partial charge on any atom is 0.244 e. The molecule has 174 valence electrons. The lowest BCUT2D eigenvalue weighted by atomic mass is 9.74. The van der Waals surface area contributed by atoms with Crippen LogP contribution in [0.1, 0.15) is 24.1 Å². The van der Waals surface area contributed by atoms with Gasteiger partial charge in [-0.05, 0) is 42.7 Å². The van der Waals surface area contributed by atoms with Crippen LogP contribution in [0.15, 0.2) is 41.5 Å². The van der Waals surface area contributed by atoms with Gasteiger partial charge in [0.1, 0.15) is 18.0 Å². The van der Waals surface area contributed by atoms with Crippen molar-refractivity contribution >= 4 is 34.4 Å². The summed E-state index contributed by atoms with van der Waals surface area (Å²) in [6, 6.07) is 11.6. The predicted octanol–water partition coefficient (Wildman–Crippen LogP) is 2.42. The average molecular weight is 480 g/mol. The van der Waals surface area contributed by atoms with Crippen LogP contribution in [0, 0.1) is 11.3 Å². The molecule has 0 spiro atoms. The first-order valence-corrected chi connectivity index (χ1v) is 11.2. The van der Waals surface area contributed by atoms with Crippen molar-refractivity contribution in [3.8, 4) is 11.8 Å². The third-order valence-corrected chi connectivity index (χ3v) is 6.67. The molecule has 0 saturated carbocycles. The van der Waals surface area contributed by atoms with Crippen molar-refractivity contribution in [1.29, 1.82) is 5.26 Å². The third-order valence-electron chi connectivity index (χ3n) is 6.36. The van der Waals surface area contributed by atoms with Crippen molar-refractivity contribution in [2.75, 3.05) is 26.9 Å². The highest BCUT2D eigenvalue weighted by Crippen LogP contribution is 2.38. The molecule has 2 aromatic heterocycles. The van der Waals surface area contributed by atoms with Crippen LogP contribution in [0.2, 0.25) is 5.02 Å². The lowest BCUT2D eigenvalue weighted by molar-refractivity contribution is -0.133. The number of aromatic nitrogens is 3. The van der Waals surface area contributed by atoms with Gasteiger partial charge < -0.3 is 9.64 Å². The summed E-state index contributed by atoms with van der Waals surface area (Å²) in [6.07, 6.45) is 2.70. The molecule has 0 atom stereocenters. The first-order chi connectivity index (χ1) is 16.5. The Hall–Kier alpha value is -3.68. The van der Waals surface area contributed by atoms with Gasteiger partial charge in [0.15, 0.2) is 18.2 Å². The van der Waals surface area contributed by atoms with Gasteiger partial charge in [0, 0.05) is 19.3 Å². The van der Waals surface area contributed by atoms with Gasteiger partial charge >= 0.3 is 0 Å². The molecule has 34 heavy (non-hydrogen) atoms. The van der Waals surface area contributed by atoms with Crippen molar-refractivity contribution in [2.45, 2.75) is 24.8 Å². The second-order valence-electron chi connectivity index (χ2n) is 8.19. The Morgan fingerprint density at radius 3 is 2.88 bits per heavy atom. The van der Waals surface area contributed by atoms with Gasteiger partial charge in [0.2, 0.25) is 5.91 Å². The molecule has 0 radical (unpaired) electrons. The van der Waals surface area contributed by atoms with E-state index in [9.17, 15) is 10.1 Å². The number of likely N-dealkylation sites (tertiary alicyclic amines) is 1. The zero-order valence-electron chi connectivity index (χ0n) is 18.5. The summed E-state index contributed by atoms with van der Waals surface area (Å²) < 4.78 is 6.91. The molecule has 10 nitrogen and oxygen atoms in total. The zero-order valence-corrected chi connectivity index (χ0v) is 19.2. The molecule has 1 saturated heterocycles. The zero-order chi connectivity index (χ0) is 23.7. The minimum absolute atomic E-state index is 0.0377. The number of hydroxylamine groups is 1. The highest BCUT2D eigenvalue weighted by molar-refractivity contribution is 6.32. The van der Waals surface area contributed by atoms with E-state index < -0.39 is 5.41 Å². The van der Waals surface area contributed by atoms with Crippen LogP contribution in [-0.2, 0) is 21.6 Å². The SMILES string of the molecule is COc1cc(C2(C#N)CCN(C(=O)Cn3nc(C4=NCON4)c4cccnc43)CC2)ccc1Cl. The van der Waals surface area contributed by atoms with Gasteiger partial charge in [-0.3, -0.25) is 9.63 Å². The fraction of sp³-hybridized carbons (Fsp3) is 0.348. The Balaban J connectivity index is 1.33. The van der Waals surface area contributed by atoms with Crippen molar-refractivity contribution in [3.05, 3.63) is 52.8 Å². The van der Waals surface area contributed by atoms with Crippen molar-refractivity contribution < 1.29 is 14.4 Å². The summed E-state index contributed by atoms with van der Waals surface area (Å²) in [6.45, 7) is 1.16. The number of nitrogens with zero attached hydrogens (tertiary/aromatic N) is 6. The van der Waals surface area contributed by atoms with E-state index in [0.717, 1.165) is 10.9 Å². The molecule has 2 aliphatic heterocycles. The Morgan fingerprint density at radius 1 is 1.35 bits per heavy atom. The van der Waals surface area contributed by atoms with Gasteiger partial charge in [-0.25, -0.2) is 20.1 Å². The summed E-state index contributed by atoms with van der Waals surface area (Å²) in [5, 5.41) is 15.9. The number of nitrogens with one attached hydrogen (secondary N) is 1. The first-order valence-electron chi connectivity index (χ1n) is 10.8. The molecule has 11 heteroatoms. The molecule has 0 aliphatic carbocycles. The van der Waals surface area contributed by atoms with Gasteiger partial charge in [0.05, 0.1) is 29.0 Å². The van der Waals surface area contributed by atoms with E-state index in [1.165, 1.54) is 0 Å². The van der Waals surface area contributed by atoms with Crippen molar-refractivity contribution in [2.24, 2.45) is 4.99 Å². The molecule has 0 unspecified atom stereocenters. The van der Waals surface area contributed by atoms with Crippen molar-refractivity contribution in [1.82, 2.24) is 25.1 Å². The first kappa shape index (κ1) is 22.1. The summed E-state index contributed by atoms with van der Waals surface area (Å²) in [7, 11) is 1.55. The quantitative estimate of drug-likeness (QED) is 0.597.